The number of aryl methyl sites for hydroxylation is 2. The number of benzene rings is 1. The molecule has 1 aromatic carbocycles. The Hall–Kier alpha value is -1.28. The van der Waals surface area contributed by atoms with Gasteiger partial charge in [0.05, 0.1) is 0 Å². The van der Waals surface area contributed by atoms with Gasteiger partial charge in [0.15, 0.2) is 0 Å². The molecular formula is C13H15NO. The van der Waals surface area contributed by atoms with E-state index in [0.29, 0.717) is 0 Å². The predicted molar refractivity (Wildman–Crippen MR) is 60.8 cm³/mol. The molecule has 2 nitrogen and oxygen atoms in total. The Bertz CT molecular complexity index is 535. The van der Waals surface area contributed by atoms with Crippen molar-refractivity contribution in [1.29, 1.82) is 0 Å². The normalized spacial score (nSPS) is 18.3. The second kappa shape index (κ2) is 2.64. The summed E-state index contributed by atoms with van der Waals surface area (Å²) in [6.07, 6.45) is 2.21. The van der Waals surface area contributed by atoms with Crippen LogP contribution in [0.2, 0.25) is 0 Å². The summed E-state index contributed by atoms with van der Waals surface area (Å²) in [6, 6.07) is 6.32. The van der Waals surface area contributed by atoms with Gasteiger partial charge >= 0.3 is 0 Å². The Balaban J connectivity index is 2.25. The zero-order chi connectivity index (χ0) is 10.6. The molecule has 0 radical (unpaired) electrons. The van der Waals surface area contributed by atoms with Crippen LogP contribution in [-0.4, -0.2) is 0 Å². The Labute approximate surface area is 89.1 Å². The van der Waals surface area contributed by atoms with Crippen LogP contribution in [0.1, 0.15) is 29.7 Å². The Morgan fingerprint density at radius 3 is 2.67 bits per heavy atom. The van der Waals surface area contributed by atoms with E-state index in [0.717, 1.165) is 24.2 Å². The van der Waals surface area contributed by atoms with Crippen molar-refractivity contribution in [3.8, 4) is 0 Å². The fourth-order valence-corrected chi connectivity index (χ4v) is 2.08. The minimum absolute atomic E-state index is 0.0498. The lowest BCUT2D eigenvalue weighted by molar-refractivity contribution is 0.575. The van der Waals surface area contributed by atoms with Crippen LogP contribution < -0.4 is 5.73 Å². The molecule has 15 heavy (non-hydrogen) atoms. The summed E-state index contributed by atoms with van der Waals surface area (Å²) in [7, 11) is 0. The molecule has 1 saturated carbocycles. The predicted octanol–water partition coefficient (Wildman–Crippen LogP) is 3.00. The molecule has 2 heteroatoms. The highest BCUT2D eigenvalue weighted by atomic mass is 16.3. The number of fused-ring (bicyclic) bond motifs is 1. The van der Waals surface area contributed by atoms with Crippen molar-refractivity contribution in [2.45, 2.75) is 32.2 Å². The highest BCUT2D eigenvalue weighted by Gasteiger charge is 2.40. The lowest BCUT2D eigenvalue weighted by atomic mass is 10.0. The number of nitrogens with two attached hydrogens (primary N) is 1. The average molecular weight is 201 g/mol. The molecule has 1 aliphatic rings. The van der Waals surface area contributed by atoms with Gasteiger partial charge in [0.25, 0.3) is 0 Å². The highest BCUT2D eigenvalue weighted by molar-refractivity contribution is 5.83. The molecule has 78 valence electrons. The van der Waals surface area contributed by atoms with Crippen molar-refractivity contribution < 1.29 is 4.42 Å². The van der Waals surface area contributed by atoms with Crippen molar-refractivity contribution >= 4 is 11.0 Å². The van der Waals surface area contributed by atoms with Crippen LogP contribution in [0, 0.1) is 13.8 Å². The van der Waals surface area contributed by atoms with Gasteiger partial charge in [-0.1, -0.05) is 6.07 Å². The van der Waals surface area contributed by atoms with Gasteiger partial charge in [-0.05, 0) is 49.9 Å². The van der Waals surface area contributed by atoms with Gasteiger partial charge in [-0.15, -0.1) is 0 Å². The molecule has 1 fully saturated rings. The SMILES string of the molecule is Cc1oc2ccc(C3(N)CC3)cc2c1C. The summed E-state index contributed by atoms with van der Waals surface area (Å²) < 4.78 is 5.65. The standard InChI is InChI=1S/C13H15NO/c1-8-9(2)15-12-4-3-10(7-11(8)12)13(14)5-6-13/h3-4,7H,5-6,14H2,1-2H3. The minimum atomic E-state index is -0.0498. The van der Waals surface area contributed by atoms with E-state index < -0.39 is 0 Å². The lowest BCUT2D eigenvalue weighted by Gasteiger charge is -2.08. The van der Waals surface area contributed by atoms with Crippen molar-refractivity contribution in [2.24, 2.45) is 5.73 Å². The van der Waals surface area contributed by atoms with E-state index >= 15 is 0 Å². The summed E-state index contributed by atoms with van der Waals surface area (Å²) in [5.41, 5.74) is 9.59. The smallest absolute Gasteiger partial charge is 0.134 e. The van der Waals surface area contributed by atoms with Gasteiger partial charge in [-0.3, -0.25) is 0 Å². The van der Waals surface area contributed by atoms with E-state index in [1.807, 2.05) is 13.0 Å². The second-order valence-electron chi connectivity index (χ2n) is 4.65. The first-order valence-electron chi connectivity index (χ1n) is 5.39. The van der Waals surface area contributed by atoms with Gasteiger partial charge in [-0.2, -0.15) is 0 Å². The van der Waals surface area contributed by atoms with E-state index in [1.54, 1.807) is 0 Å². The third-order valence-corrected chi connectivity index (χ3v) is 3.54. The van der Waals surface area contributed by atoms with E-state index in [9.17, 15) is 0 Å². The first kappa shape index (κ1) is 8.98. The summed E-state index contributed by atoms with van der Waals surface area (Å²) >= 11 is 0. The number of furan rings is 1. The van der Waals surface area contributed by atoms with Gasteiger partial charge < -0.3 is 10.2 Å². The first-order valence-corrected chi connectivity index (χ1v) is 5.39. The van der Waals surface area contributed by atoms with Crippen molar-refractivity contribution in [1.82, 2.24) is 0 Å². The number of rotatable bonds is 1. The quantitative estimate of drug-likeness (QED) is 0.770. The largest absolute Gasteiger partial charge is 0.461 e. The van der Waals surface area contributed by atoms with Gasteiger partial charge in [0.1, 0.15) is 11.3 Å². The maximum absolute atomic E-state index is 6.19. The van der Waals surface area contributed by atoms with Crippen LogP contribution in [0.3, 0.4) is 0 Å². The van der Waals surface area contributed by atoms with Gasteiger partial charge in [-0.25, -0.2) is 0 Å². The average Bonchev–Trinajstić information content (AvgIpc) is 2.90. The number of hydrogen-bond acceptors (Lipinski definition) is 2. The zero-order valence-electron chi connectivity index (χ0n) is 9.13. The van der Waals surface area contributed by atoms with Crippen LogP contribution in [0.4, 0.5) is 0 Å². The van der Waals surface area contributed by atoms with E-state index in [-0.39, 0.29) is 5.54 Å². The van der Waals surface area contributed by atoms with Crippen LogP contribution in [0.5, 0.6) is 0 Å². The first-order chi connectivity index (χ1) is 7.10. The van der Waals surface area contributed by atoms with Crippen LogP contribution >= 0.6 is 0 Å². The Morgan fingerprint density at radius 1 is 1.27 bits per heavy atom. The molecule has 0 aliphatic heterocycles. The molecule has 0 saturated heterocycles. The molecule has 2 N–H and O–H groups in total. The zero-order valence-corrected chi connectivity index (χ0v) is 9.13. The summed E-state index contributed by atoms with van der Waals surface area (Å²) in [6.45, 7) is 4.10. The fraction of sp³-hybridized carbons (Fsp3) is 0.385. The second-order valence-corrected chi connectivity index (χ2v) is 4.65. The third-order valence-electron chi connectivity index (χ3n) is 3.54. The molecule has 2 aromatic rings. The van der Waals surface area contributed by atoms with E-state index in [4.69, 9.17) is 10.2 Å². The lowest BCUT2D eigenvalue weighted by Crippen LogP contribution is -2.18. The van der Waals surface area contributed by atoms with Gasteiger partial charge in [0, 0.05) is 10.9 Å². The van der Waals surface area contributed by atoms with Crippen molar-refractivity contribution in [3.63, 3.8) is 0 Å². The van der Waals surface area contributed by atoms with Crippen LogP contribution in [0.15, 0.2) is 22.6 Å². The summed E-state index contributed by atoms with van der Waals surface area (Å²) in [5, 5.41) is 1.21. The summed E-state index contributed by atoms with van der Waals surface area (Å²) in [4.78, 5) is 0. The maximum atomic E-state index is 6.19. The Kier molecular flexibility index (Phi) is 1.58. The van der Waals surface area contributed by atoms with Crippen molar-refractivity contribution in [2.75, 3.05) is 0 Å². The molecular weight excluding hydrogens is 186 g/mol. The molecule has 0 unspecified atom stereocenters. The van der Waals surface area contributed by atoms with Crippen molar-refractivity contribution in [3.05, 3.63) is 35.1 Å². The van der Waals surface area contributed by atoms with E-state index in [2.05, 4.69) is 19.1 Å². The molecule has 3 rings (SSSR count). The minimum Gasteiger partial charge on any atom is -0.461 e. The molecule has 0 bridgehead atoms. The molecule has 1 heterocycles. The molecule has 1 aliphatic carbocycles. The Morgan fingerprint density at radius 2 is 2.00 bits per heavy atom. The fourth-order valence-electron chi connectivity index (χ4n) is 2.08. The van der Waals surface area contributed by atoms with Gasteiger partial charge in [0.2, 0.25) is 0 Å². The molecule has 0 amide bonds. The monoisotopic (exact) mass is 201 g/mol. The maximum Gasteiger partial charge on any atom is 0.134 e. The molecule has 0 spiro atoms. The topological polar surface area (TPSA) is 39.2 Å². The third kappa shape index (κ3) is 1.21. The van der Waals surface area contributed by atoms with E-state index in [1.165, 1.54) is 16.5 Å². The summed E-state index contributed by atoms with van der Waals surface area (Å²) in [5.74, 6) is 1.00. The van der Waals surface area contributed by atoms with Crippen LogP contribution in [0.25, 0.3) is 11.0 Å². The molecule has 1 aromatic heterocycles. The molecule has 0 atom stereocenters. The highest BCUT2D eigenvalue weighted by Crippen LogP contribution is 2.43. The number of hydrogen-bond donors (Lipinski definition) is 1. The van der Waals surface area contributed by atoms with Crippen LogP contribution in [-0.2, 0) is 5.54 Å².